The number of rotatable bonds is 3. The molecule has 0 fully saturated rings. The van der Waals surface area contributed by atoms with Gasteiger partial charge in [-0.2, -0.15) is 0 Å². The van der Waals surface area contributed by atoms with E-state index >= 15 is 0 Å². The first-order chi connectivity index (χ1) is 10.3. The maximum atomic E-state index is 3.91. The molecule has 3 rings (SSSR count). The average molecular weight is 271 g/mol. The van der Waals surface area contributed by atoms with E-state index in [9.17, 15) is 0 Å². The molecule has 2 aromatic carbocycles. The second kappa shape index (κ2) is 6.15. The molecule has 1 heterocycles. The van der Waals surface area contributed by atoms with Crippen LogP contribution in [0.4, 0.5) is 0 Å². The van der Waals surface area contributed by atoms with Crippen molar-refractivity contribution in [3.05, 3.63) is 85.2 Å². The third kappa shape index (κ3) is 3.24. The molecule has 1 unspecified atom stereocenters. The Bertz CT molecular complexity index is 767. The van der Waals surface area contributed by atoms with Crippen molar-refractivity contribution in [2.24, 2.45) is 5.92 Å². The highest BCUT2D eigenvalue weighted by Crippen LogP contribution is 2.16. The van der Waals surface area contributed by atoms with Gasteiger partial charge in [-0.1, -0.05) is 60.4 Å². The summed E-state index contributed by atoms with van der Waals surface area (Å²) in [5.74, 6) is 6.65. The summed E-state index contributed by atoms with van der Waals surface area (Å²) in [5, 5.41) is 2.52. The van der Waals surface area contributed by atoms with Crippen LogP contribution in [-0.4, -0.2) is 4.57 Å². The van der Waals surface area contributed by atoms with Crippen molar-refractivity contribution in [1.29, 1.82) is 0 Å². The fraction of sp³-hybridized carbons (Fsp3) is 0.100. The van der Waals surface area contributed by atoms with E-state index in [2.05, 4.69) is 59.6 Å². The zero-order valence-corrected chi connectivity index (χ0v) is 11.9. The first-order valence-corrected chi connectivity index (χ1v) is 7.09. The van der Waals surface area contributed by atoms with Crippen LogP contribution in [0.3, 0.4) is 0 Å². The Kier molecular flexibility index (Phi) is 3.89. The monoisotopic (exact) mass is 271 g/mol. The molecule has 0 saturated heterocycles. The van der Waals surface area contributed by atoms with Gasteiger partial charge in [0.25, 0.3) is 0 Å². The van der Waals surface area contributed by atoms with E-state index in [0.717, 1.165) is 12.1 Å². The van der Waals surface area contributed by atoms with Gasteiger partial charge in [0.2, 0.25) is 0 Å². The predicted octanol–water partition coefficient (Wildman–Crippen LogP) is 4.50. The number of benzene rings is 2. The van der Waals surface area contributed by atoms with Gasteiger partial charge in [-0.25, -0.2) is 0 Å². The lowest BCUT2D eigenvalue weighted by atomic mass is 10.1. The molecule has 21 heavy (non-hydrogen) atoms. The molecule has 1 atom stereocenters. The molecule has 0 aliphatic carbocycles. The number of aromatic nitrogens is 1. The Labute approximate surface area is 125 Å². The molecule has 3 aromatic rings. The van der Waals surface area contributed by atoms with E-state index in [4.69, 9.17) is 0 Å². The zero-order chi connectivity index (χ0) is 14.5. The zero-order valence-electron chi connectivity index (χ0n) is 11.9. The normalized spacial score (nSPS) is 11.6. The molecule has 0 aliphatic heterocycles. The predicted molar refractivity (Wildman–Crippen MR) is 88.9 cm³/mol. The van der Waals surface area contributed by atoms with Crippen LogP contribution >= 0.6 is 0 Å². The van der Waals surface area contributed by atoms with Gasteiger partial charge in [-0.05, 0) is 22.9 Å². The minimum absolute atomic E-state index is 0.145. The van der Waals surface area contributed by atoms with Crippen LogP contribution < -0.4 is 0 Å². The minimum atomic E-state index is 0.145. The van der Waals surface area contributed by atoms with Crippen LogP contribution in [0.25, 0.3) is 10.8 Å². The molecule has 0 amide bonds. The van der Waals surface area contributed by atoms with E-state index in [1.165, 1.54) is 10.8 Å². The molecule has 0 N–H and O–H groups in total. The second-order valence-corrected chi connectivity index (χ2v) is 5.06. The van der Waals surface area contributed by atoms with Gasteiger partial charge < -0.3 is 4.57 Å². The Hall–Kier alpha value is -2.72. The maximum absolute atomic E-state index is 3.91. The molecule has 1 heteroatoms. The molecular formula is C20H17N. The second-order valence-electron chi connectivity index (χ2n) is 5.06. The summed E-state index contributed by atoms with van der Waals surface area (Å²) in [6, 6.07) is 18.4. The molecule has 0 spiro atoms. The maximum Gasteiger partial charge on any atom is 0.0563 e. The average Bonchev–Trinajstić information content (AvgIpc) is 2.94. The Balaban J connectivity index is 1.78. The van der Waals surface area contributed by atoms with Crippen LogP contribution in [0.5, 0.6) is 0 Å². The van der Waals surface area contributed by atoms with Gasteiger partial charge in [0.1, 0.15) is 0 Å². The highest BCUT2D eigenvalue weighted by atomic mass is 14.9. The summed E-state index contributed by atoms with van der Waals surface area (Å²) in [6.07, 6.45) is 6.24. The van der Waals surface area contributed by atoms with Gasteiger partial charge in [-0.15, -0.1) is 6.58 Å². The number of hydrogen-bond donors (Lipinski definition) is 0. The van der Waals surface area contributed by atoms with E-state index in [1.807, 2.05) is 36.4 Å². The van der Waals surface area contributed by atoms with Gasteiger partial charge in [-0.3, -0.25) is 0 Å². The van der Waals surface area contributed by atoms with Crippen molar-refractivity contribution in [3.63, 3.8) is 0 Å². The first kappa shape index (κ1) is 13.3. The van der Waals surface area contributed by atoms with Crippen LogP contribution in [0.1, 0.15) is 5.56 Å². The topological polar surface area (TPSA) is 4.93 Å². The van der Waals surface area contributed by atoms with Crippen molar-refractivity contribution >= 4 is 10.8 Å². The fourth-order valence-electron chi connectivity index (χ4n) is 2.35. The lowest BCUT2D eigenvalue weighted by molar-refractivity contribution is 0.634. The van der Waals surface area contributed by atoms with E-state index in [0.29, 0.717) is 0 Å². The summed E-state index contributed by atoms with van der Waals surface area (Å²) in [4.78, 5) is 0. The summed E-state index contributed by atoms with van der Waals surface area (Å²) in [6.45, 7) is 4.74. The van der Waals surface area contributed by atoms with Gasteiger partial charge in [0.15, 0.2) is 0 Å². The molecular weight excluding hydrogens is 254 g/mol. The lowest BCUT2D eigenvalue weighted by Gasteiger charge is -2.06. The summed E-state index contributed by atoms with van der Waals surface area (Å²) in [5.41, 5.74) is 1.04. The standard InChI is InChI=1S/C20H17N/c1-2-17(12-13-18-8-4-3-5-9-18)14-21-15-19-10-6-7-11-20(19)16-21/h2-11,15-17H,1,14H2. The number of nitrogens with zero attached hydrogens (tertiary/aromatic N) is 1. The number of hydrogen-bond acceptors (Lipinski definition) is 0. The Morgan fingerprint density at radius 2 is 1.57 bits per heavy atom. The largest absolute Gasteiger partial charge is 0.351 e. The molecule has 102 valence electrons. The van der Waals surface area contributed by atoms with Crippen molar-refractivity contribution in [3.8, 4) is 11.8 Å². The fourth-order valence-corrected chi connectivity index (χ4v) is 2.35. The van der Waals surface area contributed by atoms with E-state index < -0.39 is 0 Å². The Morgan fingerprint density at radius 1 is 0.952 bits per heavy atom. The van der Waals surface area contributed by atoms with Crippen molar-refractivity contribution in [2.45, 2.75) is 6.54 Å². The van der Waals surface area contributed by atoms with Crippen LogP contribution in [-0.2, 0) is 6.54 Å². The molecule has 0 radical (unpaired) electrons. The van der Waals surface area contributed by atoms with Crippen molar-refractivity contribution in [2.75, 3.05) is 0 Å². The summed E-state index contributed by atoms with van der Waals surface area (Å²) < 4.78 is 2.19. The van der Waals surface area contributed by atoms with Crippen molar-refractivity contribution < 1.29 is 0 Å². The molecule has 0 saturated carbocycles. The Morgan fingerprint density at radius 3 is 2.19 bits per heavy atom. The first-order valence-electron chi connectivity index (χ1n) is 7.09. The minimum Gasteiger partial charge on any atom is -0.351 e. The summed E-state index contributed by atoms with van der Waals surface area (Å²) >= 11 is 0. The molecule has 1 aromatic heterocycles. The van der Waals surface area contributed by atoms with Crippen molar-refractivity contribution in [1.82, 2.24) is 4.57 Å². The number of allylic oxidation sites excluding steroid dienone is 1. The van der Waals surface area contributed by atoms with Crippen LogP contribution in [0, 0.1) is 17.8 Å². The van der Waals surface area contributed by atoms with Gasteiger partial charge in [0, 0.05) is 24.5 Å². The van der Waals surface area contributed by atoms with Crippen LogP contribution in [0.15, 0.2) is 79.6 Å². The molecule has 0 aliphatic rings. The van der Waals surface area contributed by atoms with Gasteiger partial charge >= 0.3 is 0 Å². The smallest absolute Gasteiger partial charge is 0.0563 e. The third-order valence-electron chi connectivity index (χ3n) is 3.47. The summed E-state index contributed by atoms with van der Waals surface area (Å²) in [7, 11) is 0. The lowest BCUT2D eigenvalue weighted by Crippen LogP contribution is -2.04. The highest BCUT2D eigenvalue weighted by Gasteiger charge is 2.03. The molecule has 1 nitrogen and oxygen atoms in total. The number of fused-ring (bicyclic) bond motifs is 1. The van der Waals surface area contributed by atoms with E-state index in [-0.39, 0.29) is 5.92 Å². The highest BCUT2D eigenvalue weighted by molar-refractivity contribution is 5.82. The SMILES string of the molecule is C=CC(C#Cc1ccccc1)Cn1cc2ccccc2c1. The van der Waals surface area contributed by atoms with Crippen LogP contribution in [0.2, 0.25) is 0 Å². The molecule has 0 bridgehead atoms. The van der Waals surface area contributed by atoms with E-state index in [1.54, 1.807) is 0 Å². The third-order valence-corrected chi connectivity index (χ3v) is 3.47. The quantitative estimate of drug-likeness (QED) is 0.488. The van der Waals surface area contributed by atoms with Gasteiger partial charge in [0.05, 0.1) is 5.92 Å².